The minimum atomic E-state index is -4.43. The van der Waals surface area contributed by atoms with Gasteiger partial charge in [-0.15, -0.1) is 0 Å². The monoisotopic (exact) mass is 391 g/mol. The second kappa shape index (κ2) is 8.00. The van der Waals surface area contributed by atoms with Crippen molar-refractivity contribution in [2.24, 2.45) is 5.92 Å². The zero-order valence-electron chi connectivity index (χ0n) is 15.3. The molecule has 0 unspecified atom stereocenters. The van der Waals surface area contributed by atoms with Crippen LogP contribution in [0.15, 0.2) is 36.4 Å². The number of pyridine rings is 1. The molecule has 0 spiro atoms. The molecule has 1 aliphatic carbocycles. The van der Waals surface area contributed by atoms with E-state index in [1.54, 1.807) is 13.0 Å². The summed E-state index contributed by atoms with van der Waals surface area (Å²) in [4.78, 5) is 28.5. The summed E-state index contributed by atoms with van der Waals surface area (Å²) < 4.78 is 38.3. The van der Waals surface area contributed by atoms with Crippen LogP contribution in [0, 0.1) is 12.8 Å². The van der Waals surface area contributed by atoms with E-state index in [4.69, 9.17) is 0 Å². The van der Waals surface area contributed by atoms with Gasteiger partial charge in [-0.1, -0.05) is 12.1 Å². The fourth-order valence-electron chi connectivity index (χ4n) is 2.78. The molecule has 2 N–H and O–H groups in total. The molecule has 1 aromatic heterocycles. The number of halogens is 3. The highest BCUT2D eigenvalue weighted by atomic mass is 19.4. The van der Waals surface area contributed by atoms with Crippen LogP contribution in [-0.4, -0.2) is 16.8 Å². The Morgan fingerprint density at radius 3 is 2.61 bits per heavy atom. The molecule has 0 bridgehead atoms. The Kier molecular flexibility index (Phi) is 5.67. The van der Waals surface area contributed by atoms with E-state index in [0.29, 0.717) is 23.6 Å². The van der Waals surface area contributed by atoms with Gasteiger partial charge in [-0.25, -0.2) is 4.98 Å². The summed E-state index contributed by atoms with van der Waals surface area (Å²) in [6.07, 6.45) is -1.89. The first kappa shape index (κ1) is 19.9. The van der Waals surface area contributed by atoms with Gasteiger partial charge < -0.3 is 10.6 Å². The van der Waals surface area contributed by atoms with Crippen molar-refractivity contribution in [3.63, 3.8) is 0 Å². The average Bonchev–Trinajstić information content (AvgIpc) is 3.42. The highest BCUT2D eigenvalue weighted by Crippen LogP contribution is 2.32. The summed E-state index contributed by atoms with van der Waals surface area (Å²) in [6, 6.07) is 7.80. The molecule has 0 aliphatic heterocycles. The SMILES string of the molecule is Cc1cc(C(=O)NCc2cccc(C(F)(F)F)c2)cc(NC(=O)CC2CC2)n1. The van der Waals surface area contributed by atoms with Crippen molar-refractivity contribution in [3.8, 4) is 0 Å². The quantitative estimate of drug-likeness (QED) is 0.780. The second-order valence-corrected chi connectivity index (χ2v) is 6.96. The summed E-state index contributed by atoms with van der Waals surface area (Å²) in [5.74, 6) is 0.117. The number of amides is 2. The van der Waals surface area contributed by atoms with E-state index in [-0.39, 0.29) is 23.8 Å². The molecule has 1 aliphatic rings. The Balaban J connectivity index is 1.64. The van der Waals surface area contributed by atoms with E-state index in [1.165, 1.54) is 18.2 Å². The van der Waals surface area contributed by atoms with Crippen LogP contribution in [0.1, 0.15) is 46.4 Å². The van der Waals surface area contributed by atoms with E-state index in [1.807, 2.05) is 0 Å². The summed E-state index contributed by atoms with van der Waals surface area (Å²) in [5.41, 5.74) is 0.404. The van der Waals surface area contributed by atoms with Crippen molar-refractivity contribution in [3.05, 3.63) is 58.8 Å². The van der Waals surface area contributed by atoms with Gasteiger partial charge in [0, 0.05) is 24.2 Å². The van der Waals surface area contributed by atoms with Crippen molar-refractivity contribution >= 4 is 17.6 Å². The molecule has 1 saturated carbocycles. The van der Waals surface area contributed by atoms with Gasteiger partial charge in [0.25, 0.3) is 5.91 Å². The number of nitrogens with one attached hydrogen (secondary N) is 2. The lowest BCUT2D eigenvalue weighted by atomic mass is 10.1. The second-order valence-electron chi connectivity index (χ2n) is 6.96. The predicted octanol–water partition coefficient (Wildman–Crippen LogP) is 4.08. The lowest BCUT2D eigenvalue weighted by Crippen LogP contribution is -2.24. The fourth-order valence-corrected chi connectivity index (χ4v) is 2.78. The molecule has 0 atom stereocenters. The number of alkyl halides is 3. The summed E-state index contributed by atoms with van der Waals surface area (Å²) in [7, 11) is 0. The van der Waals surface area contributed by atoms with Crippen molar-refractivity contribution in [1.82, 2.24) is 10.3 Å². The Labute approximate surface area is 160 Å². The normalized spacial score (nSPS) is 13.9. The predicted molar refractivity (Wildman–Crippen MR) is 97.6 cm³/mol. The first-order valence-corrected chi connectivity index (χ1v) is 8.93. The number of nitrogens with zero attached hydrogens (tertiary/aromatic N) is 1. The van der Waals surface area contributed by atoms with Gasteiger partial charge in [-0.2, -0.15) is 13.2 Å². The third-order valence-electron chi connectivity index (χ3n) is 4.36. The van der Waals surface area contributed by atoms with Crippen molar-refractivity contribution in [2.45, 2.75) is 38.9 Å². The van der Waals surface area contributed by atoms with E-state index < -0.39 is 17.6 Å². The van der Waals surface area contributed by atoms with Crippen LogP contribution in [-0.2, 0) is 17.5 Å². The first-order valence-electron chi connectivity index (χ1n) is 8.93. The van der Waals surface area contributed by atoms with E-state index >= 15 is 0 Å². The average molecular weight is 391 g/mol. The van der Waals surface area contributed by atoms with Crippen LogP contribution in [0.3, 0.4) is 0 Å². The number of carbonyl (C=O) groups excluding carboxylic acids is 2. The van der Waals surface area contributed by atoms with Gasteiger partial charge in [0.1, 0.15) is 5.82 Å². The van der Waals surface area contributed by atoms with Crippen LogP contribution in [0.2, 0.25) is 0 Å². The molecule has 0 radical (unpaired) electrons. The Morgan fingerprint density at radius 1 is 1.18 bits per heavy atom. The molecule has 1 heterocycles. The third-order valence-corrected chi connectivity index (χ3v) is 4.36. The van der Waals surface area contributed by atoms with Gasteiger partial charge in [0.2, 0.25) is 5.91 Å². The van der Waals surface area contributed by atoms with Crippen LogP contribution < -0.4 is 10.6 Å². The van der Waals surface area contributed by atoms with Gasteiger partial charge in [-0.3, -0.25) is 9.59 Å². The molecule has 0 saturated heterocycles. The number of benzene rings is 1. The Bertz CT molecular complexity index is 893. The highest BCUT2D eigenvalue weighted by molar-refractivity contribution is 5.96. The molecule has 2 aromatic rings. The maximum absolute atomic E-state index is 12.8. The Hall–Kier alpha value is -2.90. The summed E-state index contributed by atoms with van der Waals surface area (Å²) in [6.45, 7) is 1.65. The molecule has 1 aromatic carbocycles. The third kappa shape index (κ3) is 5.55. The largest absolute Gasteiger partial charge is 0.416 e. The van der Waals surface area contributed by atoms with Gasteiger partial charge in [0.05, 0.1) is 5.56 Å². The van der Waals surface area contributed by atoms with E-state index in [2.05, 4.69) is 15.6 Å². The molecular weight excluding hydrogens is 371 g/mol. The summed E-state index contributed by atoms with van der Waals surface area (Å²) in [5, 5.41) is 5.29. The molecule has 2 amide bonds. The fraction of sp³-hybridized carbons (Fsp3) is 0.350. The molecular formula is C20H20F3N3O2. The van der Waals surface area contributed by atoms with E-state index in [0.717, 1.165) is 25.0 Å². The van der Waals surface area contributed by atoms with Crippen molar-refractivity contribution in [1.29, 1.82) is 0 Å². The number of rotatable bonds is 6. The molecule has 8 heteroatoms. The van der Waals surface area contributed by atoms with E-state index in [9.17, 15) is 22.8 Å². The van der Waals surface area contributed by atoms with Gasteiger partial charge >= 0.3 is 6.18 Å². The number of carbonyl (C=O) groups is 2. The zero-order chi connectivity index (χ0) is 20.3. The van der Waals surface area contributed by atoms with Crippen molar-refractivity contribution in [2.75, 3.05) is 5.32 Å². The smallest absolute Gasteiger partial charge is 0.348 e. The minimum absolute atomic E-state index is 0.0481. The highest BCUT2D eigenvalue weighted by Gasteiger charge is 2.30. The molecule has 148 valence electrons. The number of hydrogen-bond acceptors (Lipinski definition) is 3. The van der Waals surface area contributed by atoms with Gasteiger partial charge in [0.15, 0.2) is 0 Å². The van der Waals surface area contributed by atoms with Crippen LogP contribution >= 0.6 is 0 Å². The Morgan fingerprint density at radius 2 is 1.93 bits per heavy atom. The number of anilines is 1. The molecule has 28 heavy (non-hydrogen) atoms. The van der Waals surface area contributed by atoms with Crippen molar-refractivity contribution < 1.29 is 22.8 Å². The van der Waals surface area contributed by atoms with Gasteiger partial charge in [-0.05, 0) is 55.5 Å². The zero-order valence-corrected chi connectivity index (χ0v) is 15.3. The van der Waals surface area contributed by atoms with Crippen LogP contribution in [0.5, 0.6) is 0 Å². The number of aromatic nitrogens is 1. The summed E-state index contributed by atoms with van der Waals surface area (Å²) >= 11 is 0. The molecule has 5 nitrogen and oxygen atoms in total. The minimum Gasteiger partial charge on any atom is -0.348 e. The molecule has 3 rings (SSSR count). The standard InChI is InChI=1S/C20H20F3N3O2/c1-12-7-15(10-17(25-12)26-18(27)9-13-5-6-13)19(28)24-11-14-3-2-4-16(8-14)20(21,22)23/h2-4,7-8,10,13H,5-6,9,11H2,1H3,(H,24,28)(H,25,26,27). The number of hydrogen-bond donors (Lipinski definition) is 2. The topological polar surface area (TPSA) is 71.1 Å². The molecule has 1 fully saturated rings. The lowest BCUT2D eigenvalue weighted by molar-refractivity contribution is -0.137. The maximum Gasteiger partial charge on any atom is 0.416 e. The van der Waals surface area contributed by atoms with Crippen LogP contribution in [0.4, 0.5) is 19.0 Å². The maximum atomic E-state index is 12.8. The first-order chi connectivity index (χ1) is 13.2. The number of aryl methyl sites for hydroxylation is 1. The lowest BCUT2D eigenvalue weighted by Gasteiger charge is -2.11. The van der Waals surface area contributed by atoms with Crippen LogP contribution in [0.25, 0.3) is 0 Å².